The van der Waals surface area contributed by atoms with E-state index in [0.29, 0.717) is 29.4 Å². The van der Waals surface area contributed by atoms with E-state index in [1.165, 1.54) is 31.3 Å². The van der Waals surface area contributed by atoms with E-state index in [9.17, 15) is 9.90 Å². The summed E-state index contributed by atoms with van der Waals surface area (Å²) in [5.41, 5.74) is 2.78. The SMILES string of the molecule is C=C(C)[C@@H]1CC[C@]2(C(=O)OCc3cn(-c4cccc(OC)c4)nn3)CC[C@]3(C)[C@H](CC[C@@H]4[C@@]5(C)CC[C@H](O)C(C)(C)[C@@H]5CC[C@]43C)[C@@H]12. The van der Waals surface area contributed by atoms with Crippen molar-refractivity contribution >= 4 is 5.97 Å². The number of hydrogen-bond acceptors (Lipinski definition) is 6. The van der Waals surface area contributed by atoms with Crippen molar-refractivity contribution < 1.29 is 19.4 Å². The van der Waals surface area contributed by atoms with E-state index in [1.807, 2.05) is 30.5 Å². The molecule has 1 aromatic carbocycles. The van der Waals surface area contributed by atoms with Gasteiger partial charge >= 0.3 is 5.97 Å². The third kappa shape index (κ3) is 4.64. The molecule has 1 heterocycles. The van der Waals surface area contributed by atoms with Crippen LogP contribution in [0, 0.1) is 56.7 Å². The largest absolute Gasteiger partial charge is 0.497 e. The number of methoxy groups -OCH3 is 1. The number of carbonyl (C=O) groups is 1. The number of fused-ring (bicyclic) bond motifs is 7. The van der Waals surface area contributed by atoms with Crippen LogP contribution in [0.4, 0.5) is 0 Å². The molecule has 7 heteroatoms. The van der Waals surface area contributed by atoms with Gasteiger partial charge in [0.15, 0.2) is 0 Å². The highest BCUT2D eigenvalue weighted by atomic mass is 16.5. The van der Waals surface area contributed by atoms with Crippen LogP contribution in [-0.2, 0) is 16.1 Å². The summed E-state index contributed by atoms with van der Waals surface area (Å²) in [6.07, 6.45) is 12.3. The lowest BCUT2D eigenvalue weighted by atomic mass is 9.32. The molecule has 1 N–H and O–H groups in total. The molecule has 5 fully saturated rings. The Morgan fingerprint density at radius 3 is 2.51 bits per heavy atom. The van der Waals surface area contributed by atoms with Gasteiger partial charge in [-0.15, -0.1) is 5.10 Å². The molecule has 0 saturated heterocycles. The zero-order chi connectivity index (χ0) is 33.6. The summed E-state index contributed by atoms with van der Waals surface area (Å²) >= 11 is 0. The Hall–Kier alpha value is -2.67. The number of ether oxygens (including phenoxy) is 2. The van der Waals surface area contributed by atoms with Gasteiger partial charge in [-0.2, -0.15) is 0 Å². The number of nitrogens with zero attached hydrogens (tertiary/aromatic N) is 3. The second kappa shape index (κ2) is 11.2. The summed E-state index contributed by atoms with van der Waals surface area (Å²) in [6.45, 7) is 19.3. The van der Waals surface area contributed by atoms with Crippen molar-refractivity contribution in [3.05, 3.63) is 48.3 Å². The predicted octanol–water partition coefficient (Wildman–Crippen LogP) is 8.34. The fourth-order valence-corrected chi connectivity index (χ4v) is 13.0. The molecule has 2 aromatic rings. The van der Waals surface area contributed by atoms with Crippen molar-refractivity contribution in [3.63, 3.8) is 0 Å². The minimum Gasteiger partial charge on any atom is -0.497 e. The Balaban J connectivity index is 1.15. The predicted molar refractivity (Wildman–Crippen MR) is 183 cm³/mol. The molecular weight excluding hydrogens is 586 g/mol. The lowest BCUT2D eigenvalue weighted by Gasteiger charge is -2.72. The summed E-state index contributed by atoms with van der Waals surface area (Å²) in [4.78, 5) is 14.4. The maximum Gasteiger partial charge on any atom is 0.312 e. The number of allylic oxidation sites excluding steroid dienone is 1. The van der Waals surface area contributed by atoms with E-state index >= 15 is 0 Å². The number of carbonyl (C=O) groups excluding carboxylic acids is 1. The van der Waals surface area contributed by atoms with E-state index in [1.54, 1.807) is 11.8 Å². The first-order valence-corrected chi connectivity index (χ1v) is 18.3. The first-order chi connectivity index (χ1) is 22.2. The van der Waals surface area contributed by atoms with Crippen molar-refractivity contribution in [2.24, 2.45) is 56.7 Å². The molecule has 0 spiro atoms. The van der Waals surface area contributed by atoms with E-state index in [-0.39, 0.29) is 46.3 Å². The molecular formula is C40H57N3O4. The minimum absolute atomic E-state index is 0.0461. The molecule has 0 amide bonds. The summed E-state index contributed by atoms with van der Waals surface area (Å²) in [6, 6.07) is 7.67. The van der Waals surface area contributed by atoms with Gasteiger partial charge in [0.2, 0.25) is 0 Å². The maximum atomic E-state index is 14.4. The highest BCUT2D eigenvalue weighted by Gasteiger charge is 2.72. The Bertz CT molecular complexity index is 1550. The quantitative estimate of drug-likeness (QED) is 0.252. The summed E-state index contributed by atoms with van der Waals surface area (Å²) in [5, 5.41) is 19.7. The van der Waals surface area contributed by atoms with Crippen LogP contribution in [0.3, 0.4) is 0 Å². The van der Waals surface area contributed by atoms with Gasteiger partial charge in [-0.1, -0.05) is 58.1 Å². The number of rotatable bonds is 6. The summed E-state index contributed by atoms with van der Waals surface area (Å²) in [5.74, 6) is 2.95. The fourth-order valence-electron chi connectivity index (χ4n) is 13.0. The summed E-state index contributed by atoms with van der Waals surface area (Å²) in [7, 11) is 1.65. The van der Waals surface area contributed by atoms with Gasteiger partial charge in [0, 0.05) is 6.07 Å². The van der Waals surface area contributed by atoms with E-state index < -0.39 is 5.41 Å². The van der Waals surface area contributed by atoms with Gasteiger partial charge in [-0.25, -0.2) is 4.68 Å². The van der Waals surface area contributed by atoms with E-state index in [2.05, 4.69) is 58.4 Å². The lowest BCUT2D eigenvalue weighted by molar-refractivity contribution is -0.248. The second-order valence-electron chi connectivity index (χ2n) is 17.6. The van der Waals surface area contributed by atoms with Crippen LogP contribution >= 0.6 is 0 Å². The zero-order valence-electron chi connectivity index (χ0n) is 29.8. The highest BCUT2D eigenvalue weighted by Crippen LogP contribution is 2.77. The average Bonchev–Trinajstić information content (AvgIpc) is 3.68. The maximum absolute atomic E-state index is 14.4. The van der Waals surface area contributed by atoms with Crippen molar-refractivity contribution in [3.8, 4) is 11.4 Å². The first kappa shape index (κ1) is 32.9. The molecule has 5 saturated carbocycles. The van der Waals surface area contributed by atoms with Gasteiger partial charge < -0.3 is 14.6 Å². The van der Waals surface area contributed by atoms with Gasteiger partial charge in [0.05, 0.1) is 30.5 Å². The highest BCUT2D eigenvalue weighted by molar-refractivity contribution is 5.78. The molecule has 0 bridgehead atoms. The van der Waals surface area contributed by atoms with Crippen LogP contribution < -0.4 is 4.74 Å². The molecule has 5 aliphatic carbocycles. The minimum atomic E-state index is -0.474. The molecule has 47 heavy (non-hydrogen) atoms. The zero-order valence-corrected chi connectivity index (χ0v) is 29.8. The number of aromatic nitrogens is 3. The van der Waals surface area contributed by atoms with E-state index in [4.69, 9.17) is 9.47 Å². The van der Waals surface area contributed by atoms with Gasteiger partial charge in [0.25, 0.3) is 0 Å². The molecule has 0 unspecified atom stereocenters. The molecule has 7 rings (SSSR count). The number of hydrogen-bond donors (Lipinski definition) is 1. The van der Waals surface area contributed by atoms with Crippen LogP contribution in [0.15, 0.2) is 42.6 Å². The normalized spacial score (nSPS) is 42.0. The van der Waals surface area contributed by atoms with E-state index in [0.717, 1.165) is 50.0 Å². The third-order valence-electron chi connectivity index (χ3n) is 15.7. The van der Waals surface area contributed by atoms with Crippen LogP contribution in [-0.4, -0.2) is 39.3 Å². The smallest absolute Gasteiger partial charge is 0.312 e. The van der Waals surface area contributed by atoms with Crippen LogP contribution in [0.25, 0.3) is 5.69 Å². The van der Waals surface area contributed by atoms with Crippen molar-refractivity contribution in [1.82, 2.24) is 15.0 Å². The van der Waals surface area contributed by atoms with Crippen LogP contribution in [0.5, 0.6) is 5.75 Å². The van der Waals surface area contributed by atoms with Crippen molar-refractivity contribution in [2.45, 2.75) is 118 Å². The van der Waals surface area contributed by atoms with Crippen LogP contribution in [0.1, 0.15) is 111 Å². The Morgan fingerprint density at radius 2 is 1.77 bits per heavy atom. The molecule has 0 radical (unpaired) electrons. The summed E-state index contributed by atoms with van der Waals surface area (Å²) < 4.78 is 13.3. The lowest BCUT2D eigenvalue weighted by Crippen LogP contribution is -2.67. The van der Waals surface area contributed by atoms with Gasteiger partial charge in [0.1, 0.15) is 18.1 Å². The van der Waals surface area contributed by atoms with Crippen LogP contribution in [0.2, 0.25) is 0 Å². The Kier molecular flexibility index (Phi) is 7.82. The standard InChI is InChI=1S/C40H57N3O4/c1-25(2)29-14-19-40(35(45)47-24-26-23-43(42-41-26)27-10-9-11-28(22-27)46-8)21-20-38(6)30(34(29)40)12-13-32-37(5)17-16-33(44)36(3,4)31(37)15-18-39(32,38)7/h9-11,22-23,29-34,44H,1,12-21,24H2,2-8H3/t29-,30+,31-,32+,33-,34+,37-,38+,39+,40-/m0/s1. The molecule has 5 aliphatic rings. The fraction of sp³-hybridized carbons (Fsp3) is 0.725. The monoisotopic (exact) mass is 643 g/mol. The molecule has 1 aromatic heterocycles. The van der Waals surface area contributed by atoms with Gasteiger partial charge in [-0.05, 0) is 135 Å². The first-order valence-electron chi connectivity index (χ1n) is 18.3. The molecule has 256 valence electrons. The number of aliphatic hydroxyl groups excluding tert-OH is 1. The molecule has 0 aliphatic heterocycles. The van der Waals surface area contributed by atoms with Crippen molar-refractivity contribution in [2.75, 3.05) is 7.11 Å². The number of benzene rings is 1. The second-order valence-corrected chi connectivity index (χ2v) is 17.6. The third-order valence-corrected chi connectivity index (χ3v) is 15.7. The van der Waals surface area contributed by atoms with Gasteiger partial charge in [-0.3, -0.25) is 4.79 Å². The average molecular weight is 644 g/mol. The number of aliphatic hydroxyl groups is 1. The molecule has 7 nitrogen and oxygen atoms in total. The Morgan fingerprint density at radius 1 is 0.979 bits per heavy atom. The molecule has 10 atom stereocenters. The number of esters is 1. The topological polar surface area (TPSA) is 86.5 Å². The Labute approximate surface area is 281 Å². The van der Waals surface area contributed by atoms with Crippen molar-refractivity contribution in [1.29, 1.82) is 0 Å².